The molecule has 0 saturated carbocycles. The molecule has 0 N–H and O–H groups in total. The molecule has 0 bridgehead atoms. The van der Waals surface area contributed by atoms with E-state index >= 15 is 0 Å². The topological polar surface area (TPSA) is 62.6 Å². The van der Waals surface area contributed by atoms with Crippen molar-refractivity contribution in [2.24, 2.45) is 0 Å². The molecule has 5 nitrogen and oxygen atoms in total. The lowest BCUT2D eigenvalue weighted by atomic mass is 10.1. The number of hydrogen-bond donors (Lipinski definition) is 0. The molecular weight excluding hydrogens is 232 g/mol. The molecule has 0 aliphatic heterocycles. The van der Waals surface area contributed by atoms with Gasteiger partial charge < -0.3 is 14.4 Å². The molecule has 0 radical (unpaired) electrons. The molecule has 0 fully saturated rings. The second kappa shape index (κ2) is 6.50. The van der Waals surface area contributed by atoms with E-state index < -0.39 is 0 Å². The summed E-state index contributed by atoms with van der Waals surface area (Å²) in [6.45, 7) is 2.19. The van der Waals surface area contributed by atoms with Gasteiger partial charge in [0.2, 0.25) is 0 Å². The van der Waals surface area contributed by atoms with Crippen molar-refractivity contribution in [3.63, 3.8) is 0 Å². The summed E-state index contributed by atoms with van der Waals surface area (Å²) in [4.78, 5) is 13.1. The quantitative estimate of drug-likeness (QED) is 0.740. The van der Waals surface area contributed by atoms with Crippen LogP contribution in [0.2, 0.25) is 0 Å². The van der Waals surface area contributed by atoms with E-state index in [4.69, 9.17) is 14.7 Å². The highest BCUT2D eigenvalue weighted by Crippen LogP contribution is 2.24. The Balaban J connectivity index is 2.93. The van der Waals surface area contributed by atoms with Crippen LogP contribution in [0, 0.1) is 11.3 Å². The summed E-state index contributed by atoms with van der Waals surface area (Å²) in [5.74, 6) is 0.311. The number of rotatable bonds is 5. The zero-order valence-electron chi connectivity index (χ0n) is 10.8. The maximum atomic E-state index is 11.4. The monoisotopic (exact) mass is 248 g/mol. The third-order valence-corrected chi connectivity index (χ3v) is 2.41. The average molecular weight is 248 g/mol. The molecule has 0 heterocycles. The highest BCUT2D eigenvalue weighted by Gasteiger charge is 2.12. The van der Waals surface area contributed by atoms with Crippen LogP contribution in [-0.2, 0) is 9.53 Å². The van der Waals surface area contributed by atoms with Gasteiger partial charge >= 0.3 is 5.97 Å². The van der Waals surface area contributed by atoms with Gasteiger partial charge in [0.05, 0.1) is 25.0 Å². The Kier molecular flexibility index (Phi) is 5.00. The number of likely N-dealkylation sites (N-methyl/N-ethyl adjacent to an activating group) is 1. The van der Waals surface area contributed by atoms with Crippen LogP contribution in [0.4, 0.5) is 5.69 Å². The molecule has 18 heavy (non-hydrogen) atoms. The fourth-order valence-corrected chi connectivity index (χ4v) is 1.53. The molecule has 96 valence electrons. The fourth-order valence-electron chi connectivity index (χ4n) is 1.53. The van der Waals surface area contributed by atoms with Gasteiger partial charge in [-0.3, -0.25) is 4.79 Å². The molecule has 0 aromatic heterocycles. The lowest BCUT2D eigenvalue weighted by Crippen LogP contribution is -2.27. The van der Waals surface area contributed by atoms with Crippen LogP contribution in [-0.4, -0.2) is 33.3 Å². The van der Waals surface area contributed by atoms with E-state index in [1.807, 2.05) is 0 Å². The Morgan fingerprint density at radius 2 is 2.22 bits per heavy atom. The van der Waals surface area contributed by atoms with E-state index in [0.717, 1.165) is 0 Å². The van der Waals surface area contributed by atoms with Crippen LogP contribution in [0.3, 0.4) is 0 Å². The summed E-state index contributed by atoms with van der Waals surface area (Å²) in [6, 6.07) is 7.17. The van der Waals surface area contributed by atoms with Crippen LogP contribution in [0.5, 0.6) is 5.75 Å². The van der Waals surface area contributed by atoms with Crippen molar-refractivity contribution < 1.29 is 14.3 Å². The first-order valence-corrected chi connectivity index (χ1v) is 5.57. The molecule has 1 aromatic rings. The van der Waals surface area contributed by atoms with Crippen molar-refractivity contribution in [3.8, 4) is 11.8 Å². The summed E-state index contributed by atoms with van der Waals surface area (Å²) in [6.07, 6.45) is 0. The van der Waals surface area contributed by atoms with Gasteiger partial charge in [0, 0.05) is 13.1 Å². The van der Waals surface area contributed by atoms with Crippen LogP contribution in [0.25, 0.3) is 0 Å². The van der Waals surface area contributed by atoms with Crippen molar-refractivity contribution in [1.82, 2.24) is 0 Å². The number of nitriles is 1. The largest absolute Gasteiger partial charge is 0.497 e. The van der Waals surface area contributed by atoms with Gasteiger partial charge in [0.25, 0.3) is 0 Å². The second-order valence-corrected chi connectivity index (χ2v) is 3.66. The molecule has 0 spiro atoms. The Morgan fingerprint density at radius 3 is 2.78 bits per heavy atom. The maximum Gasteiger partial charge on any atom is 0.325 e. The van der Waals surface area contributed by atoms with E-state index in [2.05, 4.69) is 6.07 Å². The molecule has 0 aliphatic carbocycles. The molecule has 5 heteroatoms. The average Bonchev–Trinajstić information content (AvgIpc) is 2.38. The van der Waals surface area contributed by atoms with E-state index in [9.17, 15) is 4.79 Å². The number of hydrogen-bond acceptors (Lipinski definition) is 5. The highest BCUT2D eigenvalue weighted by atomic mass is 16.5. The minimum absolute atomic E-state index is 0.0929. The zero-order chi connectivity index (χ0) is 13.5. The van der Waals surface area contributed by atoms with E-state index in [-0.39, 0.29) is 12.5 Å². The SMILES string of the molecule is CCOC(=O)CN(C)c1cc(OC)ccc1C#N. The van der Waals surface area contributed by atoms with Crippen molar-refractivity contribution in [2.45, 2.75) is 6.92 Å². The Bertz CT molecular complexity index is 466. The molecule has 0 unspecified atom stereocenters. The fraction of sp³-hybridized carbons (Fsp3) is 0.385. The first-order valence-electron chi connectivity index (χ1n) is 5.57. The first-order chi connectivity index (χ1) is 8.62. The maximum absolute atomic E-state index is 11.4. The minimum Gasteiger partial charge on any atom is -0.497 e. The molecule has 0 amide bonds. The van der Waals surface area contributed by atoms with Gasteiger partial charge in [0.15, 0.2) is 0 Å². The Morgan fingerprint density at radius 1 is 1.50 bits per heavy atom. The summed E-state index contributed by atoms with van der Waals surface area (Å²) in [5, 5.41) is 9.03. The third-order valence-electron chi connectivity index (χ3n) is 2.41. The Labute approximate surface area is 107 Å². The Hall–Kier alpha value is -2.22. The molecule has 0 aliphatic rings. The predicted octanol–water partition coefficient (Wildman–Crippen LogP) is 1.57. The number of ether oxygens (including phenoxy) is 2. The van der Waals surface area contributed by atoms with Crippen molar-refractivity contribution in [1.29, 1.82) is 5.26 Å². The lowest BCUT2D eigenvalue weighted by molar-refractivity contribution is -0.141. The van der Waals surface area contributed by atoms with E-state index in [0.29, 0.717) is 23.6 Å². The van der Waals surface area contributed by atoms with Crippen LogP contribution in [0.1, 0.15) is 12.5 Å². The highest BCUT2D eigenvalue weighted by molar-refractivity contribution is 5.77. The van der Waals surface area contributed by atoms with E-state index in [1.54, 1.807) is 44.2 Å². The standard InChI is InChI=1S/C13H16N2O3/c1-4-18-13(16)9-15(2)12-7-11(17-3)6-5-10(12)8-14/h5-7H,4,9H2,1-3H3. The number of benzene rings is 1. The number of methoxy groups -OCH3 is 1. The zero-order valence-corrected chi connectivity index (χ0v) is 10.8. The van der Waals surface area contributed by atoms with Crippen molar-refractivity contribution >= 4 is 11.7 Å². The van der Waals surface area contributed by atoms with Crippen molar-refractivity contribution in [2.75, 3.05) is 32.2 Å². The van der Waals surface area contributed by atoms with Gasteiger partial charge in [-0.2, -0.15) is 5.26 Å². The smallest absolute Gasteiger partial charge is 0.325 e. The molecule has 0 atom stereocenters. The number of anilines is 1. The molecule has 0 saturated heterocycles. The first kappa shape index (κ1) is 13.8. The predicted molar refractivity (Wildman–Crippen MR) is 67.6 cm³/mol. The summed E-state index contributed by atoms with van der Waals surface area (Å²) < 4.78 is 9.97. The summed E-state index contributed by atoms with van der Waals surface area (Å²) in [7, 11) is 3.28. The van der Waals surface area contributed by atoms with Gasteiger partial charge in [-0.05, 0) is 19.1 Å². The number of carbonyl (C=O) groups is 1. The van der Waals surface area contributed by atoms with Crippen molar-refractivity contribution in [3.05, 3.63) is 23.8 Å². The minimum atomic E-state index is -0.327. The van der Waals surface area contributed by atoms with Gasteiger partial charge in [0.1, 0.15) is 18.4 Å². The number of esters is 1. The lowest BCUT2D eigenvalue weighted by Gasteiger charge is -2.19. The van der Waals surface area contributed by atoms with Gasteiger partial charge in [-0.25, -0.2) is 0 Å². The van der Waals surface area contributed by atoms with Crippen LogP contribution in [0.15, 0.2) is 18.2 Å². The van der Waals surface area contributed by atoms with E-state index in [1.165, 1.54) is 0 Å². The third kappa shape index (κ3) is 3.39. The summed E-state index contributed by atoms with van der Waals surface area (Å²) >= 11 is 0. The molecular formula is C13H16N2O3. The molecule has 1 rings (SSSR count). The normalized spacial score (nSPS) is 9.44. The summed E-state index contributed by atoms with van der Waals surface area (Å²) in [5.41, 5.74) is 1.13. The number of carbonyl (C=O) groups excluding carboxylic acids is 1. The number of nitrogens with zero attached hydrogens (tertiary/aromatic N) is 2. The van der Waals surface area contributed by atoms with Gasteiger partial charge in [-0.1, -0.05) is 0 Å². The second-order valence-electron chi connectivity index (χ2n) is 3.66. The molecule has 1 aromatic carbocycles. The van der Waals surface area contributed by atoms with Crippen LogP contribution >= 0.6 is 0 Å². The van der Waals surface area contributed by atoms with Crippen LogP contribution < -0.4 is 9.64 Å². The van der Waals surface area contributed by atoms with Gasteiger partial charge in [-0.15, -0.1) is 0 Å².